The maximum atomic E-state index is 5.56. The summed E-state index contributed by atoms with van der Waals surface area (Å²) in [5, 5.41) is 0. The van der Waals surface area contributed by atoms with Crippen molar-refractivity contribution in [2.24, 2.45) is 17.6 Å². The summed E-state index contributed by atoms with van der Waals surface area (Å²) in [6.07, 6.45) is 2.03. The molecule has 1 unspecified atom stereocenters. The average Bonchev–Trinajstić information content (AvgIpc) is 2.66. The van der Waals surface area contributed by atoms with Crippen molar-refractivity contribution in [3.8, 4) is 0 Å². The molecular formula is C12H24N2OS. The van der Waals surface area contributed by atoms with Crippen LogP contribution in [0.15, 0.2) is 0 Å². The van der Waals surface area contributed by atoms with E-state index in [1.54, 1.807) is 0 Å². The van der Waals surface area contributed by atoms with Crippen LogP contribution in [0.3, 0.4) is 0 Å². The van der Waals surface area contributed by atoms with E-state index >= 15 is 0 Å². The molecule has 0 saturated carbocycles. The van der Waals surface area contributed by atoms with E-state index in [2.05, 4.69) is 18.7 Å². The highest BCUT2D eigenvalue weighted by Crippen LogP contribution is 2.15. The van der Waals surface area contributed by atoms with Gasteiger partial charge in [-0.05, 0) is 18.3 Å². The van der Waals surface area contributed by atoms with Gasteiger partial charge < -0.3 is 15.4 Å². The average molecular weight is 244 g/mol. The third-order valence-electron chi connectivity index (χ3n) is 2.84. The van der Waals surface area contributed by atoms with Crippen molar-refractivity contribution in [3.63, 3.8) is 0 Å². The van der Waals surface area contributed by atoms with Crippen LogP contribution in [0, 0.1) is 11.8 Å². The van der Waals surface area contributed by atoms with Crippen molar-refractivity contribution in [2.45, 2.75) is 26.7 Å². The molecule has 0 spiro atoms. The van der Waals surface area contributed by atoms with Crippen molar-refractivity contribution in [1.82, 2.24) is 4.90 Å². The minimum absolute atomic E-state index is 0.622. The molecular weight excluding hydrogens is 220 g/mol. The summed E-state index contributed by atoms with van der Waals surface area (Å²) in [5.74, 6) is 1.39. The van der Waals surface area contributed by atoms with Gasteiger partial charge in [-0.25, -0.2) is 0 Å². The quantitative estimate of drug-likeness (QED) is 0.691. The monoisotopic (exact) mass is 244 g/mol. The van der Waals surface area contributed by atoms with Gasteiger partial charge in [-0.3, -0.25) is 0 Å². The lowest BCUT2D eigenvalue weighted by molar-refractivity contribution is 0.162. The Bertz CT molecular complexity index is 215. The fourth-order valence-electron chi connectivity index (χ4n) is 2.13. The Morgan fingerprint density at radius 3 is 2.81 bits per heavy atom. The van der Waals surface area contributed by atoms with E-state index in [9.17, 15) is 0 Å². The van der Waals surface area contributed by atoms with E-state index in [-0.39, 0.29) is 0 Å². The van der Waals surface area contributed by atoms with E-state index in [1.165, 1.54) is 6.42 Å². The molecule has 0 amide bonds. The second-order valence-corrected chi connectivity index (χ2v) is 5.62. The zero-order chi connectivity index (χ0) is 12.0. The highest BCUT2D eigenvalue weighted by atomic mass is 32.1. The first-order chi connectivity index (χ1) is 7.58. The van der Waals surface area contributed by atoms with Crippen LogP contribution < -0.4 is 5.73 Å². The fraction of sp³-hybridized carbons (Fsp3) is 0.917. The van der Waals surface area contributed by atoms with Crippen LogP contribution in [0.1, 0.15) is 26.7 Å². The second-order valence-electron chi connectivity index (χ2n) is 5.10. The van der Waals surface area contributed by atoms with Crippen LogP contribution in [0.5, 0.6) is 0 Å². The third-order valence-corrected chi connectivity index (χ3v) is 3.04. The first-order valence-electron chi connectivity index (χ1n) is 6.16. The second kappa shape index (κ2) is 7.20. The lowest BCUT2D eigenvalue weighted by Gasteiger charge is -2.26. The van der Waals surface area contributed by atoms with E-state index in [0.717, 1.165) is 39.3 Å². The summed E-state index contributed by atoms with van der Waals surface area (Å²) < 4.78 is 5.41. The standard InChI is InChI=1S/C12H24N2OS/c1-10(2)7-14(5-3-12(13)16)8-11-4-6-15-9-11/h10-11H,3-9H2,1-2H3,(H2,13,16). The summed E-state index contributed by atoms with van der Waals surface area (Å²) in [5.41, 5.74) is 5.56. The van der Waals surface area contributed by atoms with Crippen LogP contribution in [-0.2, 0) is 4.74 Å². The highest BCUT2D eigenvalue weighted by Gasteiger charge is 2.19. The summed E-state index contributed by atoms with van der Waals surface area (Å²) in [4.78, 5) is 3.10. The molecule has 0 aliphatic carbocycles. The Morgan fingerprint density at radius 1 is 1.56 bits per heavy atom. The molecule has 0 radical (unpaired) electrons. The Kier molecular flexibility index (Phi) is 6.24. The molecule has 3 nitrogen and oxygen atoms in total. The maximum absolute atomic E-state index is 5.56. The first-order valence-corrected chi connectivity index (χ1v) is 6.57. The molecule has 4 heteroatoms. The molecule has 16 heavy (non-hydrogen) atoms. The van der Waals surface area contributed by atoms with Crippen LogP contribution in [0.2, 0.25) is 0 Å². The summed E-state index contributed by atoms with van der Waals surface area (Å²) >= 11 is 4.94. The smallest absolute Gasteiger partial charge is 0.0740 e. The highest BCUT2D eigenvalue weighted by molar-refractivity contribution is 7.80. The molecule has 1 fully saturated rings. The van der Waals surface area contributed by atoms with Gasteiger partial charge in [0.15, 0.2) is 0 Å². The van der Waals surface area contributed by atoms with Crippen LogP contribution in [0.4, 0.5) is 0 Å². The predicted octanol–water partition coefficient (Wildman–Crippen LogP) is 1.66. The summed E-state index contributed by atoms with van der Waals surface area (Å²) in [6.45, 7) is 9.58. The zero-order valence-corrected chi connectivity index (χ0v) is 11.3. The van der Waals surface area contributed by atoms with Crippen LogP contribution in [-0.4, -0.2) is 42.7 Å². The normalized spacial score (nSPS) is 20.9. The molecule has 1 rings (SSSR count). The molecule has 1 aliphatic heterocycles. The van der Waals surface area contributed by atoms with Gasteiger partial charge in [0.2, 0.25) is 0 Å². The van der Waals surface area contributed by atoms with Crippen molar-refractivity contribution in [1.29, 1.82) is 0 Å². The fourth-order valence-corrected chi connectivity index (χ4v) is 2.23. The van der Waals surface area contributed by atoms with E-state index in [4.69, 9.17) is 22.7 Å². The molecule has 1 saturated heterocycles. The van der Waals surface area contributed by atoms with Gasteiger partial charge in [-0.1, -0.05) is 26.1 Å². The van der Waals surface area contributed by atoms with Crippen LogP contribution in [0.25, 0.3) is 0 Å². The van der Waals surface area contributed by atoms with Crippen molar-refractivity contribution >= 4 is 17.2 Å². The number of hydrogen-bond acceptors (Lipinski definition) is 3. The SMILES string of the molecule is CC(C)CN(CCC(N)=S)CC1CCOC1. The van der Waals surface area contributed by atoms with Gasteiger partial charge >= 0.3 is 0 Å². The Morgan fingerprint density at radius 2 is 2.31 bits per heavy atom. The Labute approximate surface area is 104 Å². The van der Waals surface area contributed by atoms with E-state index in [1.807, 2.05) is 0 Å². The number of nitrogens with zero attached hydrogens (tertiary/aromatic N) is 1. The number of nitrogens with two attached hydrogens (primary N) is 1. The van der Waals surface area contributed by atoms with Crippen molar-refractivity contribution in [3.05, 3.63) is 0 Å². The van der Waals surface area contributed by atoms with Crippen molar-refractivity contribution in [2.75, 3.05) is 32.8 Å². The summed E-state index contributed by atoms with van der Waals surface area (Å²) in [6, 6.07) is 0. The molecule has 1 atom stereocenters. The third kappa shape index (κ3) is 5.77. The minimum Gasteiger partial charge on any atom is -0.393 e. The Hall–Kier alpha value is -0.190. The molecule has 0 aromatic carbocycles. The Balaban J connectivity index is 2.32. The predicted molar refractivity (Wildman–Crippen MR) is 71.6 cm³/mol. The molecule has 0 aromatic rings. The lowest BCUT2D eigenvalue weighted by Crippen LogP contribution is -2.35. The van der Waals surface area contributed by atoms with Crippen molar-refractivity contribution < 1.29 is 4.74 Å². The minimum atomic E-state index is 0.622. The lowest BCUT2D eigenvalue weighted by atomic mass is 10.1. The zero-order valence-electron chi connectivity index (χ0n) is 10.4. The summed E-state index contributed by atoms with van der Waals surface area (Å²) in [7, 11) is 0. The largest absolute Gasteiger partial charge is 0.393 e. The van der Waals surface area contributed by atoms with Gasteiger partial charge in [0.25, 0.3) is 0 Å². The van der Waals surface area contributed by atoms with Gasteiger partial charge in [0.1, 0.15) is 0 Å². The molecule has 94 valence electrons. The number of ether oxygens (including phenoxy) is 1. The number of hydrogen-bond donors (Lipinski definition) is 1. The van der Waals surface area contributed by atoms with Crippen LogP contribution >= 0.6 is 12.2 Å². The van der Waals surface area contributed by atoms with Gasteiger partial charge in [-0.2, -0.15) is 0 Å². The number of rotatable bonds is 7. The molecule has 2 N–H and O–H groups in total. The topological polar surface area (TPSA) is 38.5 Å². The van der Waals surface area contributed by atoms with Gasteiger partial charge in [0.05, 0.1) is 11.6 Å². The maximum Gasteiger partial charge on any atom is 0.0740 e. The first kappa shape index (κ1) is 13.9. The molecule has 0 aromatic heterocycles. The van der Waals surface area contributed by atoms with Gasteiger partial charge in [-0.15, -0.1) is 0 Å². The molecule has 1 aliphatic rings. The van der Waals surface area contributed by atoms with Gasteiger partial charge in [0, 0.05) is 32.7 Å². The molecule has 0 bridgehead atoms. The number of thiocarbonyl (C=S) groups is 1. The van der Waals surface area contributed by atoms with E-state index in [0.29, 0.717) is 16.8 Å². The van der Waals surface area contributed by atoms with E-state index < -0.39 is 0 Å². The molecule has 1 heterocycles.